The van der Waals surface area contributed by atoms with Crippen molar-refractivity contribution in [3.63, 3.8) is 0 Å². The van der Waals surface area contributed by atoms with E-state index in [9.17, 15) is 0 Å². The van der Waals surface area contributed by atoms with Crippen LogP contribution < -0.4 is 0 Å². The van der Waals surface area contributed by atoms with E-state index in [0.29, 0.717) is 5.41 Å². The fourth-order valence-electron chi connectivity index (χ4n) is 1.01. The normalized spacial score (nSPS) is 23.9. The first-order valence-electron chi connectivity index (χ1n) is 3.82. The number of halogens is 1. The molecule has 1 aliphatic rings. The molecule has 64 valence electrons. The Hall–Kier alpha value is 0.450. The molecular weight excluding hydrogens is 223 g/mol. The van der Waals surface area contributed by atoms with E-state index in [2.05, 4.69) is 36.3 Å². The Bertz CT molecular complexity index is 193. The lowest BCUT2D eigenvalue weighted by atomic mass is 9.97. The van der Waals surface area contributed by atoms with E-state index in [1.165, 1.54) is 10.8 Å². The summed E-state index contributed by atoms with van der Waals surface area (Å²) >= 11 is 3.62. The van der Waals surface area contributed by atoms with Crippen molar-refractivity contribution in [2.24, 2.45) is 5.41 Å². The zero-order valence-corrected chi connectivity index (χ0v) is 9.92. The second-order valence-corrected chi connectivity index (χ2v) is 7.16. The molecule has 0 amide bonds. The standard InChI is InChI=1S/C8H14BrOP/c1-5-10-7-6(11(7)9)8(2,3)4/h5H2,1-4H3. The second-order valence-electron chi connectivity index (χ2n) is 3.62. The van der Waals surface area contributed by atoms with Gasteiger partial charge in [-0.15, -0.1) is 0 Å². The maximum absolute atomic E-state index is 5.47. The molecule has 0 N–H and O–H groups in total. The lowest BCUT2D eigenvalue weighted by molar-refractivity contribution is 0.258. The van der Waals surface area contributed by atoms with Gasteiger partial charge in [0.1, 0.15) is 5.50 Å². The predicted molar refractivity (Wildman–Crippen MR) is 54.0 cm³/mol. The van der Waals surface area contributed by atoms with Crippen molar-refractivity contribution >= 4 is 22.1 Å². The first kappa shape index (κ1) is 9.54. The summed E-state index contributed by atoms with van der Waals surface area (Å²) in [5.41, 5.74) is 1.51. The fourth-order valence-corrected chi connectivity index (χ4v) is 5.71. The molecule has 1 unspecified atom stereocenters. The predicted octanol–water partition coefficient (Wildman–Crippen LogP) is 4.04. The van der Waals surface area contributed by atoms with Crippen LogP contribution in [0.3, 0.4) is 0 Å². The summed E-state index contributed by atoms with van der Waals surface area (Å²) in [6, 6.07) is 0. The quantitative estimate of drug-likeness (QED) is 0.658. The molecule has 1 nitrogen and oxygen atoms in total. The van der Waals surface area contributed by atoms with Gasteiger partial charge in [-0.05, 0) is 27.8 Å². The van der Waals surface area contributed by atoms with E-state index < -0.39 is 0 Å². The number of ether oxygens (including phenoxy) is 1. The van der Waals surface area contributed by atoms with Crippen LogP contribution in [0.1, 0.15) is 27.7 Å². The zero-order valence-electron chi connectivity index (χ0n) is 7.44. The lowest BCUT2D eigenvalue weighted by Gasteiger charge is -2.12. The highest BCUT2D eigenvalue weighted by molar-refractivity contribution is 9.41. The van der Waals surface area contributed by atoms with Gasteiger partial charge >= 0.3 is 0 Å². The molecule has 1 heterocycles. The van der Waals surface area contributed by atoms with E-state index in [4.69, 9.17) is 4.74 Å². The Labute approximate surface area is 77.7 Å². The van der Waals surface area contributed by atoms with E-state index >= 15 is 0 Å². The van der Waals surface area contributed by atoms with Gasteiger partial charge in [0, 0.05) is 5.31 Å². The Kier molecular flexibility index (Phi) is 2.66. The van der Waals surface area contributed by atoms with Crippen LogP contribution in [-0.2, 0) is 4.74 Å². The minimum absolute atomic E-state index is 0.168. The van der Waals surface area contributed by atoms with Crippen LogP contribution in [0.25, 0.3) is 0 Å². The van der Waals surface area contributed by atoms with Gasteiger partial charge in [-0.25, -0.2) is 0 Å². The second kappa shape index (κ2) is 3.06. The van der Waals surface area contributed by atoms with Crippen LogP contribution >= 0.6 is 22.1 Å². The molecule has 0 fully saturated rings. The zero-order chi connectivity index (χ0) is 8.65. The summed E-state index contributed by atoms with van der Waals surface area (Å²) in [4.78, 5) is 0. The van der Waals surface area contributed by atoms with Crippen LogP contribution in [0.15, 0.2) is 10.8 Å². The van der Waals surface area contributed by atoms with Crippen LogP contribution in [0.2, 0.25) is 0 Å². The van der Waals surface area contributed by atoms with E-state index in [1.54, 1.807) is 0 Å². The van der Waals surface area contributed by atoms with Gasteiger partial charge in [-0.1, -0.05) is 20.8 Å². The average molecular weight is 237 g/mol. The van der Waals surface area contributed by atoms with Gasteiger partial charge < -0.3 is 4.74 Å². The largest absolute Gasteiger partial charge is 0.492 e. The third kappa shape index (κ3) is 1.97. The smallest absolute Gasteiger partial charge is 0.138 e. The monoisotopic (exact) mass is 236 g/mol. The van der Waals surface area contributed by atoms with Gasteiger partial charge in [0.2, 0.25) is 0 Å². The molecule has 1 rings (SSSR count). The number of hydrogen-bond donors (Lipinski definition) is 0. The summed E-state index contributed by atoms with van der Waals surface area (Å²) in [6.45, 7) is 9.33. The maximum atomic E-state index is 5.47. The number of hydrogen-bond acceptors (Lipinski definition) is 1. The third-order valence-electron chi connectivity index (χ3n) is 1.52. The summed E-state index contributed by atoms with van der Waals surface area (Å²) in [5, 5.41) is 1.48. The van der Waals surface area contributed by atoms with Crippen molar-refractivity contribution in [2.45, 2.75) is 27.7 Å². The topological polar surface area (TPSA) is 9.23 Å². The SMILES string of the molecule is CCOC1=C(C(C)(C)C)P1Br. The van der Waals surface area contributed by atoms with Crippen LogP contribution in [0, 0.1) is 5.41 Å². The highest BCUT2D eigenvalue weighted by Crippen LogP contribution is 2.79. The van der Waals surface area contributed by atoms with Crippen molar-refractivity contribution in [1.29, 1.82) is 0 Å². The number of allylic oxidation sites excluding steroid dienone is 1. The van der Waals surface area contributed by atoms with E-state index in [0.717, 1.165) is 6.61 Å². The molecule has 0 saturated heterocycles. The van der Waals surface area contributed by atoms with Crippen molar-refractivity contribution in [2.75, 3.05) is 6.61 Å². The number of rotatable bonds is 2. The summed E-state index contributed by atoms with van der Waals surface area (Å²) in [5.74, 6) is 0. The highest BCUT2D eigenvalue weighted by Gasteiger charge is 2.43. The van der Waals surface area contributed by atoms with E-state index in [-0.39, 0.29) is 6.62 Å². The summed E-state index contributed by atoms with van der Waals surface area (Å²) in [6.07, 6.45) is 0. The highest BCUT2D eigenvalue weighted by atomic mass is 79.9. The Morgan fingerprint density at radius 3 is 2.27 bits per heavy atom. The van der Waals surface area contributed by atoms with Gasteiger partial charge in [0.15, 0.2) is 0 Å². The van der Waals surface area contributed by atoms with Crippen LogP contribution in [0.4, 0.5) is 0 Å². The molecule has 1 atom stereocenters. The summed E-state index contributed by atoms with van der Waals surface area (Å²) in [7, 11) is 0. The first-order valence-corrected chi connectivity index (χ1v) is 7.18. The molecule has 0 aromatic rings. The van der Waals surface area contributed by atoms with Crippen molar-refractivity contribution in [1.82, 2.24) is 0 Å². The van der Waals surface area contributed by atoms with Crippen molar-refractivity contribution < 1.29 is 4.74 Å². The Morgan fingerprint density at radius 2 is 2.00 bits per heavy atom. The van der Waals surface area contributed by atoms with Gasteiger partial charge in [0.25, 0.3) is 0 Å². The molecule has 0 spiro atoms. The fraction of sp³-hybridized carbons (Fsp3) is 0.750. The molecular formula is C8H14BrOP. The Morgan fingerprint density at radius 1 is 1.45 bits per heavy atom. The van der Waals surface area contributed by atoms with Crippen molar-refractivity contribution in [3.8, 4) is 0 Å². The van der Waals surface area contributed by atoms with Gasteiger partial charge in [-0.3, -0.25) is 0 Å². The minimum atomic E-state index is -0.168. The summed E-state index contributed by atoms with van der Waals surface area (Å²) < 4.78 is 5.47. The molecule has 0 aromatic carbocycles. The van der Waals surface area contributed by atoms with Gasteiger partial charge in [-0.2, -0.15) is 0 Å². The lowest BCUT2D eigenvalue weighted by Crippen LogP contribution is -2.00. The molecule has 1 aliphatic heterocycles. The molecule has 0 saturated carbocycles. The van der Waals surface area contributed by atoms with Gasteiger partial charge in [0.05, 0.1) is 13.2 Å². The third-order valence-corrected chi connectivity index (χ3v) is 5.30. The first-order chi connectivity index (χ1) is 4.98. The molecule has 0 bridgehead atoms. The maximum Gasteiger partial charge on any atom is 0.138 e. The van der Waals surface area contributed by atoms with Crippen molar-refractivity contribution in [3.05, 3.63) is 10.8 Å². The molecule has 0 aromatic heterocycles. The minimum Gasteiger partial charge on any atom is -0.492 e. The molecule has 0 aliphatic carbocycles. The van der Waals surface area contributed by atoms with E-state index in [1.807, 2.05) is 6.92 Å². The van der Waals surface area contributed by atoms with Crippen LogP contribution in [-0.4, -0.2) is 6.61 Å². The van der Waals surface area contributed by atoms with Crippen LogP contribution in [0.5, 0.6) is 0 Å². The Balaban J connectivity index is 2.61. The molecule has 0 radical (unpaired) electrons. The molecule has 3 heteroatoms. The average Bonchev–Trinajstić information content (AvgIpc) is 2.41. The molecule has 11 heavy (non-hydrogen) atoms.